The van der Waals surface area contributed by atoms with Crippen LogP contribution in [0.2, 0.25) is 0 Å². The molecule has 1 aliphatic heterocycles. The quantitative estimate of drug-likeness (QED) is 0.340. The van der Waals surface area contributed by atoms with Crippen molar-refractivity contribution in [3.63, 3.8) is 0 Å². The number of piperidine rings is 1. The van der Waals surface area contributed by atoms with Gasteiger partial charge in [0.1, 0.15) is 0 Å². The number of nitrogens with one attached hydrogen (secondary N) is 3. The molecular formula is C30H36N4O3. The first kappa shape index (κ1) is 26.2. The molecule has 0 radical (unpaired) electrons. The summed E-state index contributed by atoms with van der Waals surface area (Å²) in [5.74, 6) is 0.449. The topological polar surface area (TPSA) is 82.7 Å². The van der Waals surface area contributed by atoms with Gasteiger partial charge in [-0.25, -0.2) is 4.79 Å². The van der Waals surface area contributed by atoms with E-state index in [0.29, 0.717) is 36.0 Å². The summed E-state index contributed by atoms with van der Waals surface area (Å²) in [6, 6.07) is 23.4. The van der Waals surface area contributed by atoms with E-state index in [1.807, 2.05) is 43.3 Å². The smallest absolute Gasteiger partial charge is 0.323 e. The summed E-state index contributed by atoms with van der Waals surface area (Å²) in [6.07, 6.45) is 3.22. The maximum absolute atomic E-state index is 13.1. The molecule has 3 aromatic carbocycles. The molecule has 1 saturated heterocycles. The molecule has 3 N–H and O–H groups in total. The Morgan fingerprint density at radius 2 is 1.65 bits per heavy atom. The number of methoxy groups -OCH3 is 1. The summed E-state index contributed by atoms with van der Waals surface area (Å²) >= 11 is 0. The molecule has 37 heavy (non-hydrogen) atoms. The Hall–Kier alpha value is -3.84. The lowest BCUT2D eigenvalue weighted by molar-refractivity contribution is 0.0937. The molecule has 1 fully saturated rings. The van der Waals surface area contributed by atoms with Crippen LogP contribution < -0.4 is 20.9 Å². The molecule has 0 atom stereocenters. The SMILES string of the molecule is COCCNC(=O)c1cc(NC(=O)Nc2cccc(C)c2)ccc1N1CCC(Cc2ccccc2)CC1. The van der Waals surface area contributed by atoms with Crippen LogP contribution in [-0.4, -0.2) is 45.3 Å². The van der Waals surface area contributed by atoms with Crippen molar-refractivity contribution in [2.45, 2.75) is 26.2 Å². The number of rotatable bonds is 9. The van der Waals surface area contributed by atoms with Gasteiger partial charge in [-0.2, -0.15) is 0 Å². The van der Waals surface area contributed by atoms with Crippen LogP contribution in [-0.2, 0) is 11.2 Å². The fourth-order valence-corrected chi connectivity index (χ4v) is 4.77. The van der Waals surface area contributed by atoms with Crippen LogP contribution >= 0.6 is 0 Å². The van der Waals surface area contributed by atoms with Gasteiger partial charge >= 0.3 is 6.03 Å². The Morgan fingerprint density at radius 3 is 2.35 bits per heavy atom. The van der Waals surface area contributed by atoms with Gasteiger partial charge < -0.3 is 25.6 Å². The monoisotopic (exact) mass is 500 g/mol. The summed E-state index contributed by atoms with van der Waals surface area (Å²) in [4.78, 5) is 28.0. The number of ether oxygens (including phenoxy) is 1. The van der Waals surface area contributed by atoms with Gasteiger partial charge in [0.05, 0.1) is 12.2 Å². The first-order valence-corrected chi connectivity index (χ1v) is 12.9. The molecule has 0 spiro atoms. The zero-order chi connectivity index (χ0) is 26.0. The summed E-state index contributed by atoms with van der Waals surface area (Å²) in [5, 5.41) is 8.64. The summed E-state index contributed by atoms with van der Waals surface area (Å²) in [6.45, 7) is 4.59. The van der Waals surface area contributed by atoms with Crippen molar-refractivity contribution < 1.29 is 14.3 Å². The van der Waals surface area contributed by atoms with E-state index in [9.17, 15) is 9.59 Å². The predicted molar refractivity (Wildman–Crippen MR) is 150 cm³/mol. The van der Waals surface area contributed by atoms with Crippen molar-refractivity contribution in [3.8, 4) is 0 Å². The molecule has 0 aliphatic carbocycles. The number of aryl methyl sites for hydroxylation is 1. The van der Waals surface area contributed by atoms with E-state index >= 15 is 0 Å². The van der Waals surface area contributed by atoms with E-state index in [2.05, 4.69) is 51.2 Å². The van der Waals surface area contributed by atoms with Crippen molar-refractivity contribution in [1.29, 1.82) is 0 Å². The third kappa shape index (κ3) is 7.57. The Morgan fingerprint density at radius 1 is 0.919 bits per heavy atom. The maximum Gasteiger partial charge on any atom is 0.323 e. The molecule has 0 aromatic heterocycles. The van der Waals surface area contributed by atoms with Crippen LogP contribution in [0, 0.1) is 12.8 Å². The summed E-state index contributed by atoms with van der Waals surface area (Å²) in [7, 11) is 1.61. The van der Waals surface area contributed by atoms with Crippen molar-refractivity contribution in [2.75, 3.05) is 48.9 Å². The van der Waals surface area contributed by atoms with Crippen LogP contribution in [0.1, 0.15) is 34.3 Å². The second kappa shape index (κ2) is 12.9. The number of nitrogens with zero attached hydrogens (tertiary/aromatic N) is 1. The lowest BCUT2D eigenvalue weighted by Crippen LogP contribution is -2.36. The van der Waals surface area contributed by atoms with Crippen molar-refractivity contribution in [2.24, 2.45) is 5.92 Å². The normalized spacial score (nSPS) is 13.7. The number of carbonyl (C=O) groups excluding carboxylic acids is 2. The van der Waals surface area contributed by atoms with Gasteiger partial charge in [0.25, 0.3) is 5.91 Å². The zero-order valence-corrected chi connectivity index (χ0v) is 21.6. The Labute approximate surface area is 219 Å². The van der Waals surface area contributed by atoms with E-state index in [0.717, 1.165) is 43.6 Å². The molecule has 7 heteroatoms. The number of anilines is 3. The van der Waals surface area contributed by atoms with Crippen LogP contribution in [0.25, 0.3) is 0 Å². The number of hydrogen-bond acceptors (Lipinski definition) is 4. The average molecular weight is 501 g/mol. The average Bonchev–Trinajstić information content (AvgIpc) is 2.90. The van der Waals surface area contributed by atoms with E-state index < -0.39 is 0 Å². The minimum Gasteiger partial charge on any atom is -0.383 e. The summed E-state index contributed by atoms with van der Waals surface area (Å²) in [5.41, 5.74) is 5.14. The fraction of sp³-hybridized carbons (Fsp3) is 0.333. The molecule has 194 valence electrons. The van der Waals surface area contributed by atoms with E-state index in [1.54, 1.807) is 13.2 Å². The highest BCUT2D eigenvalue weighted by Crippen LogP contribution is 2.30. The first-order chi connectivity index (χ1) is 18.0. The Bertz CT molecular complexity index is 1190. The van der Waals surface area contributed by atoms with Crippen molar-refractivity contribution in [3.05, 3.63) is 89.5 Å². The number of benzene rings is 3. The van der Waals surface area contributed by atoms with E-state index in [-0.39, 0.29) is 11.9 Å². The molecule has 7 nitrogen and oxygen atoms in total. The highest BCUT2D eigenvalue weighted by atomic mass is 16.5. The largest absolute Gasteiger partial charge is 0.383 e. The second-order valence-corrected chi connectivity index (χ2v) is 9.55. The molecule has 3 amide bonds. The van der Waals surface area contributed by atoms with E-state index in [1.165, 1.54) is 5.56 Å². The molecule has 4 rings (SSSR count). The highest BCUT2D eigenvalue weighted by molar-refractivity contribution is 6.04. The molecule has 0 saturated carbocycles. The molecule has 0 bridgehead atoms. The van der Waals surface area contributed by atoms with Crippen LogP contribution in [0.4, 0.5) is 21.9 Å². The van der Waals surface area contributed by atoms with Crippen molar-refractivity contribution >= 4 is 29.0 Å². The Kier molecular flexibility index (Phi) is 9.16. The molecule has 3 aromatic rings. The van der Waals surface area contributed by atoms with Crippen molar-refractivity contribution in [1.82, 2.24) is 5.32 Å². The van der Waals surface area contributed by atoms with Crippen LogP contribution in [0.3, 0.4) is 0 Å². The standard InChI is InChI=1S/C30H36N4O3/c1-22-7-6-10-25(19-22)32-30(36)33-26-11-12-28(27(21-26)29(35)31-15-18-37-2)34-16-13-24(14-17-34)20-23-8-4-3-5-9-23/h3-12,19,21,24H,13-18,20H2,1-2H3,(H,31,35)(H2,32,33,36). The van der Waals surface area contributed by atoms with Gasteiger partial charge in [-0.1, -0.05) is 42.5 Å². The Balaban J connectivity index is 1.45. The number of urea groups is 1. The minimum atomic E-state index is -0.356. The zero-order valence-electron chi connectivity index (χ0n) is 21.6. The number of amides is 3. The predicted octanol–water partition coefficient (Wildman–Crippen LogP) is 5.47. The van der Waals surface area contributed by atoms with Gasteiger partial charge in [-0.3, -0.25) is 4.79 Å². The van der Waals surface area contributed by atoms with Gasteiger partial charge in [-0.15, -0.1) is 0 Å². The molecule has 0 unspecified atom stereocenters. The minimum absolute atomic E-state index is 0.179. The van der Waals surface area contributed by atoms with Gasteiger partial charge in [0, 0.05) is 43.8 Å². The van der Waals surface area contributed by atoms with Crippen LogP contribution in [0.5, 0.6) is 0 Å². The lowest BCUT2D eigenvalue weighted by Gasteiger charge is -2.35. The number of carbonyl (C=O) groups is 2. The van der Waals surface area contributed by atoms with Gasteiger partial charge in [0.2, 0.25) is 0 Å². The van der Waals surface area contributed by atoms with Crippen LogP contribution in [0.15, 0.2) is 72.8 Å². The second-order valence-electron chi connectivity index (χ2n) is 9.55. The molecule has 1 aliphatic rings. The molecule has 1 heterocycles. The van der Waals surface area contributed by atoms with E-state index in [4.69, 9.17) is 4.74 Å². The highest BCUT2D eigenvalue weighted by Gasteiger charge is 2.24. The lowest BCUT2D eigenvalue weighted by atomic mass is 9.89. The van der Waals surface area contributed by atoms with Gasteiger partial charge in [-0.05, 0) is 73.6 Å². The third-order valence-corrected chi connectivity index (χ3v) is 6.69. The first-order valence-electron chi connectivity index (χ1n) is 12.9. The molecular weight excluding hydrogens is 464 g/mol. The van der Waals surface area contributed by atoms with Gasteiger partial charge in [0.15, 0.2) is 0 Å². The summed E-state index contributed by atoms with van der Waals surface area (Å²) < 4.78 is 5.09. The maximum atomic E-state index is 13.1. The third-order valence-electron chi connectivity index (χ3n) is 6.69. The number of hydrogen-bond donors (Lipinski definition) is 3. The fourth-order valence-electron chi connectivity index (χ4n) is 4.77.